The lowest BCUT2D eigenvalue weighted by Gasteiger charge is -2.26. The lowest BCUT2D eigenvalue weighted by atomic mass is 10.1. The van der Waals surface area contributed by atoms with Crippen LogP contribution in [0, 0.1) is 5.92 Å². The van der Waals surface area contributed by atoms with Gasteiger partial charge in [-0.1, -0.05) is 84.9 Å². The maximum absolute atomic E-state index is 14.3. The molecular formula is C43H40ClN5O8S. The van der Waals surface area contributed by atoms with E-state index in [4.69, 9.17) is 26.1 Å². The van der Waals surface area contributed by atoms with Crippen LogP contribution in [0.3, 0.4) is 0 Å². The highest BCUT2D eigenvalue weighted by molar-refractivity contribution is 7.90. The molecule has 58 heavy (non-hydrogen) atoms. The number of methoxy groups -OCH3 is 1. The Bertz CT molecular complexity index is 2470. The summed E-state index contributed by atoms with van der Waals surface area (Å²) in [6.07, 6.45) is 0.805. The van der Waals surface area contributed by atoms with Gasteiger partial charge in [-0.2, -0.15) is 0 Å². The predicted octanol–water partition coefficient (Wildman–Crippen LogP) is 4.92. The van der Waals surface area contributed by atoms with Crippen LogP contribution in [-0.4, -0.2) is 79.8 Å². The van der Waals surface area contributed by atoms with Crippen molar-refractivity contribution in [3.8, 4) is 22.8 Å². The van der Waals surface area contributed by atoms with Gasteiger partial charge in [-0.3, -0.25) is 19.2 Å². The van der Waals surface area contributed by atoms with Gasteiger partial charge in [0.25, 0.3) is 15.9 Å². The van der Waals surface area contributed by atoms with E-state index >= 15 is 0 Å². The van der Waals surface area contributed by atoms with Gasteiger partial charge in [0, 0.05) is 35.4 Å². The van der Waals surface area contributed by atoms with Crippen molar-refractivity contribution in [2.45, 2.75) is 40.8 Å². The molecule has 1 unspecified atom stereocenters. The molecule has 2 fully saturated rings. The molecule has 13 nitrogen and oxygen atoms in total. The zero-order valence-corrected chi connectivity index (χ0v) is 32.9. The number of pyridine rings is 1. The molecule has 1 aliphatic carbocycles. The molecule has 1 saturated heterocycles. The van der Waals surface area contributed by atoms with Gasteiger partial charge >= 0.3 is 0 Å². The van der Waals surface area contributed by atoms with E-state index in [0.29, 0.717) is 33.7 Å². The number of benzene rings is 4. The van der Waals surface area contributed by atoms with Crippen LogP contribution in [0.25, 0.3) is 22.2 Å². The number of carbonyl (C=O) groups is 4. The van der Waals surface area contributed by atoms with Crippen LogP contribution >= 0.6 is 11.6 Å². The summed E-state index contributed by atoms with van der Waals surface area (Å²) in [7, 11) is -2.72. The van der Waals surface area contributed by atoms with E-state index in [9.17, 15) is 27.6 Å². The molecule has 0 bridgehead atoms. The zero-order valence-electron chi connectivity index (χ0n) is 31.3. The Morgan fingerprint density at radius 2 is 1.64 bits per heavy atom. The Morgan fingerprint density at radius 1 is 0.966 bits per heavy atom. The highest BCUT2D eigenvalue weighted by atomic mass is 35.5. The fraction of sp³-hybridized carbons (Fsp3) is 0.233. The lowest BCUT2D eigenvalue weighted by molar-refractivity contribution is -0.140. The Labute approximate surface area is 340 Å². The van der Waals surface area contributed by atoms with Gasteiger partial charge in [-0.05, 0) is 36.2 Å². The maximum Gasteiger partial charge on any atom is 0.264 e. The van der Waals surface area contributed by atoms with Crippen LogP contribution in [0.5, 0.6) is 11.5 Å². The molecule has 5 atom stereocenters. The molecule has 0 radical (unpaired) electrons. The molecule has 1 aromatic heterocycles. The number of nitrogens with one attached hydrogen (secondary N) is 3. The van der Waals surface area contributed by atoms with E-state index in [-0.39, 0.29) is 24.3 Å². The van der Waals surface area contributed by atoms with E-state index in [2.05, 4.69) is 21.9 Å². The molecular weight excluding hydrogens is 782 g/mol. The number of fused-ring (bicyclic) bond motifs is 1. The fourth-order valence-corrected chi connectivity index (χ4v) is 8.36. The van der Waals surface area contributed by atoms with Crippen molar-refractivity contribution in [2.75, 3.05) is 20.2 Å². The zero-order chi connectivity index (χ0) is 41.0. The molecule has 298 valence electrons. The van der Waals surface area contributed by atoms with Crippen LogP contribution in [0.2, 0.25) is 0 Å². The summed E-state index contributed by atoms with van der Waals surface area (Å²) in [5.41, 5.74) is 0.943. The second-order valence-electron chi connectivity index (χ2n) is 14.0. The summed E-state index contributed by atoms with van der Waals surface area (Å²) < 4.78 is 40.4. The SMILES string of the molecule is C=C[C@@H]1C[C@]1(NC(=O)[C@@H]1C[C@@H](Oc2cc(-c3ccccc3)nc3cc(OC)ccc23)CN1C(=O)CNC(=O)C(Cl)c1ccccc1)C(=O)NS(=O)(=O)c1ccccc1. The Kier molecular flexibility index (Phi) is 11.5. The predicted molar refractivity (Wildman–Crippen MR) is 217 cm³/mol. The number of rotatable bonds is 14. The molecule has 5 aromatic rings. The number of ether oxygens (including phenoxy) is 2. The Balaban J connectivity index is 1.16. The first-order valence-electron chi connectivity index (χ1n) is 18.5. The number of sulfonamides is 1. The van der Waals surface area contributed by atoms with Crippen LogP contribution in [0.1, 0.15) is 23.8 Å². The first-order chi connectivity index (χ1) is 27.9. The van der Waals surface area contributed by atoms with Crippen molar-refractivity contribution in [1.82, 2.24) is 25.2 Å². The third-order valence-corrected chi connectivity index (χ3v) is 12.1. The Hall–Kier alpha value is -6.25. The van der Waals surface area contributed by atoms with Gasteiger partial charge in [0.15, 0.2) is 0 Å². The van der Waals surface area contributed by atoms with Gasteiger partial charge in [0.05, 0.1) is 36.3 Å². The summed E-state index contributed by atoms with van der Waals surface area (Å²) in [6, 6.07) is 31.5. The number of nitrogens with zero attached hydrogens (tertiary/aromatic N) is 2. The summed E-state index contributed by atoms with van der Waals surface area (Å²) in [4.78, 5) is 61.0. The number of aromatic nitrogens is 1. The number of alkyl halides is 1. The highest BCUT2D eigenvalue weighted by Gasteiger charge is 2.61. The first-order valence-corrected chi connectivity index (χ1v) is 20.4. The molecule has 1 aliphatic heterocycles. The van der Waals surface area contributed by atoms with Crippen LogP contribution in [0.4, 0.5) is 0 Å². The molecule has 15 heteroatoms. The van der Waals surface area contributed by atoms with E-state index in [1.165, 1.54) is 35.2 Å². The Morgan fingerprint density at radius 3 is 2.29 bits per heavy atom. The van der Waals surface area contributed by atoms with E-state index in [0.717, 1.165) is 5.56 Å². The minimum Gasteiger partial charge on any atom is -0.497 e. The second kappa shape index (κ2) is 16.7. The monoisotopic (exact) mass is 821 g/mol. The fourth-order valence-electron chi connectivity index (χ4n) is 7.08. The van der Waals surface area contributed by atoms with Crippen LogP contribution < -0.4 is 24.8 Å². The minimum absolute atomic E-state index is 0.00687. The summed E-state index contributed by atoms with van der Waals surface area (Å²) in [5, 5.41) is 4.93. The van der Waals surface area contributed by atoms with E-state index in [1.807, 2.05) is 36.4 Å². The number of halogens is 1. The minimum atomic E-state index is -4.28. The van der Waals surface area contributed by atoms with E-state index in [1.54, 1.807) is 61.7 Å². The van der Waals surface area contributed by atoms with Crippen molar-refractivity contribution in [3.05, 3.63) is 133 Å². The number of likely N-dealkylation sites (tertiary alicyclic amines) is 1. The molecule has 3 N–H and O–H groups in total. The first kappa shape index (κ1) is 40.0. The third kappa shape index (κ3) is 8.38. The highest BCUT2D eigenvalue weighted by Crippen LogP contribution is 2.45. The number of carbonyl (C=O) groups excluding carboxylic acids is 4. The molecule has 4 aromatic carbocycles. The summed E-state index contributed by atoms with van der Waals surface area (Å²) >= 11 is 6.41. The number of amides is 4. The summed E-state index contributed by atoms with van der Waals surface area (Å²) in [5.74, 6) is -2.42. The van der Waals surface area contributed by atoms with Gasteiger partial charge < -0.3 is 25.0 Å². The van der Waals surface area contributed by atoms with E-state index < -0.39 is 69.2 Å². The molecule has 7 rings (SSSR count). The van der Waals surface area contributed by atoms with Gasteiger partial charge in [-0.25, -0.2) is 18.1 Å². The van der Waals surface area contributed by atoms with Gasteiger partial charge in [0.1, 0.15) is 34.6 Å². The van der Waals surface area contributed by atoms with Crippen molar-refractivity contribution >= 4 is 56.2 Å². The number of hydrogen-bond donors (Lipinski definition) is 3. The van der Waals surface area contributed by atoms with Crippen LogP contribution in [-0.2, 0) is 29.2 Å². The lowest BCUT2D eigenvalue weighted by Crippen LogP contribution is -2.57. The normalized spacial score (nSPS) is 20.4. The molecule has 1 saturated carbocycles. The topological polar surface area (TPSA) is 173 Å². The maximum atomic E-state index is 14.3. The number of hydrogen-bond acceptors (Lipinski definition) is 9. The van der Waals surface area contributed by atoms with Crippen molar-refractivity contribution in [3.63, 3.8) is 0 Å². The largest absolute Gasteiger partial charge is 0.497 e. The van der Waals surface area contributed by atoms with Crippen LogP contribution in [0.15, 0.2) is 133 Å². The molecule has 2 heterocycles. The average Bonchev–Trinajstić information content (AvgIpc) is 3.81. The van der Waals surface area contributed by atoms with Gasteiger partial charge in [0.2, 0.25) is 17.7 Å². The van der Waals surface area contributed by atoms with Crippen molar-refractivity contribution in [2.24, 2.45) is 5.92 Å². The summed E-state index contributed by atoms with van der Waals surface area (Å²) in [6.45, 7) is 3.22. The second-order valence-corrected chi connectivity index (χ2v) is 16.2. The smallest absolute Gasteiger partial charge is 0.264 e. The average molecular weight is 822 g/mol. The molecule has 4 amide bonds. The molecule has 2 aliphatic rings. The quantitative estimate of drug-likeness (QED) is 0.104. The molecule has 0 spiro atoms. The van der Waals surface area contributed by atoms with Crippen molar-refractivity contribution in [1.29, 1.82) is 0 Å². The van der Waals surface area contributed by atoms with Crippen molar-refractivity contribution < 1.29 is 37.1 Å². The van der Waals surface area contributed by atoms with Gasteiger partial charge in [-0.15, -0.1) is 18.2 Å². The third-order valence-electron chi connectivity index (χ3n) is 10.3. The standard InChI is InChI=1S/C43H40ClN5O8S/c1-3-29-24-43(29,42(53)48-58(54,55)32-17-11-6-12-18-32)47-40(51)36-22-31(26-49(36)38(50)25-45-41(52)39(44)28-15-9-5-10-16-28)57-37-23-34(27-13-7-4-8-14-27)46-35-21-30(56-2)19-20-33(35)37/h3-21,23,29,31,36,39H,1,22,24-26H2,2H3,(H,45,52)(H,47,51)(H,48,53)/t29-,31-,36+,39?,43-/m1/s1.